The van der Waals surface area contributed by atoms with Gasteiger partial charge in [0.25, 0.3) is 0 Å². The number of piperidine rings is 1. The van der Waals surface area contributed by atoms with Crippen LogP contribution in [-0.2, 0) is 13.6 Å². The van der Waals surface area contributed by atoms with Crippen LogP contribution in [0.5, 0.6) is 0 Å². The van der Waals surface area contributed by atoms with Gasteiger partial charge in [0.1, 0.15) is 11.6 Å². The summed E-state index contributed by atoms with van der Waals surface area (Å²) in [7, 11) is 2.10. The first kappa shape index (κ1) is 14.6. The molecule has 0 unspecified atom stereocenters. The van der Waals surface area contributed by atoms with Crippen LogP contribution in [0.15, 0.2) is 4.52 Å². The van der Waals surface area contributed by atoms with Crippen molar-refractivity contribution in [2.24, 2.45) is 7.05 Å². The predicted molar refractivity (Wildman–Crippen MR) is 86.5 cm³/mol. The highest BCUT2D eigenvalue weighted by atomic mass is 16.5. The molecule has 2 aromatic heterocycles. The normalized spacial score (nSPS) is 25.3. The van der Waals surface area contributed by atoms with E-state index in [0.717, 1.165) is 49.4 Å². The standard InChI is InChI=1S/C17H24N6O/c1-22-14(19-20-16(22)11-4-5-11)10-23-8-2-3-13(9-23)15-18-17(24-21-15)12-6-7-12/h11-13H,2-10H2,1H3/t13-/m1/s1. The lowest BCUT2D eigenvalue weighted by molar-refractivity contribution is 0.188. The van der Waals surface area contributed by atoms with E-state index in [0.29, 0.717) is 17.8 Å². The van der Waals surface area contributed by atoms with Crippen LogP contribution in [-0.4, -0.2) is 42.9 Å². The van der Waals surface area contributed by atoms with Crippen LogP contribution >= 0.6 is 0 Å². The molecule has 0 N–H and O–H groups in total. The van der Waals surface area contributed by atoms with Crippen molar-refractivity contribution >= 4 is 0 Å². The van der Waals surface area contributed by atoms with Gasteiger partial charge in [-0.2, -0.15) is 4.98 Å². The number of rotatable bonds is 5. The van der Waals surface area contributed by atoms with Crippen molar-refractivity contribution in [3.8, 4) is 0 Å². The Morgan fingerprint density at radius 1 is 1.04 bits per heavy atom. The predicted octanol–water partition coefficient (Wildman–Crippen LogP) is 2.33. The zero-order valence-corrected chi connectivity index (χ0v) is 14.2. The third-order valence-corrected chi connectivity index (χ3v) is 5.56. The maximum atomic E-state index is 5.44. The van der Waals surface area contributed by atoms with Gasteiger partial charge in [-0.1, -0.05) is 5.16 Å². The molecular formula is C17H24N6O. The number of hydrogen-bond donors (Lipinski definition) is 0. The molecule has 128 valence electrons. The second kappa shape index (κ2) is 5.65. The molecule has 2 aromatic rings. The number of hydrogen-bond acceptors (Lipinski definition) is 6. The minimum Gasteiger partial charge on any atom is -0.339 e. The lowest BCUT2D eigenvalue weighted by Gasteiger charge is -2.30. The van der Waals surface area contributed by atoms with Crippen molar-refractivity contribution in [2.75, 3.05) is 13.1 Å². The summed E-state index contributed by atoms with van der Waals surface area (Å²) in [6.45, 7) is 2.95. The van der Waals surface area contributed by atoms with Crippen molar-refractivity contribution in [2.45, 2.75) is 62.8 Å². The zero-order chi connectivity index (χ0) is 16.1. The summed E-state index contributed by atoms with van der Waals surface area (Å²) < 4.78 is 7.64. The maximum Gasteiger partial charge on any atom is 0.229 e. The number of aromatic nitrogens is 5. The summed E-state index contributed by atoms with van der Waals surface area (Å²) in [5, 5.41) is 13.1. The van der Waals surface area contributed by atoms with E-state index in [9.17, 15) is 0 Å². The third kappa shape index (κ3) is 2.75. The Bertz CT molecular complexity index is 729. The van der Waals surface area contributed by atoms with Gasteiger partial charge in [-0.15, -0.1) is 10.2 Å². The molecule has 2 saturated carbocycles. The summed E-state index contributed by atoms with van der Waals surface area (Å²) in [5.41, 5.74) is 0. The summed E-state index contributed by atoms with van der Waals surface area (Å²) in [6, 6.07) is 0. The van der Waals surface area contributed by atoms with Gasteiger partial charge in [-0.25, -0.2) is 0 Å². The highest BCUT2D eigenvalue weighted by Crippen LogP contribution is 2.40. The summed E-state index contributed by atoms with van der Waals surface area (Å²) in [4.78, 5) is 7.11. The highest BCUT2D eigenvalue weighted by molar-refractivity contribution is 5.09. The second-order valence-corrected chi connectivity index (χ2v) is 7.65. The first-order valence-electron chi connectivity index (χ1n) is 9.22. The van der Waals surface area contributed by atoms with Crippen molar-refractivity contribution in [3.63, 3.8) is 0 Å². The molecular weight excluding hydrogens is 304 g/mol. The van der Waals surface area contributed by atoms with E-state index in [1.807, 2.05) is 0 Å². The number of likely N-dealkylation sites (tertiary alicyclic amines) is 1. The zero-order valence-electron chi connectivity index (χ0n) is 14.2. The van der Waals surface area contributed by atoms with Crippen LogP contribution in [0.1, 0.15) is 79.6 Å². The van der Waals surface area contributed by atoms with Crippen molar-refractivity contribution < 1.29 is 4.52 Å². The van der Waals surface area contributed by atoms with Crippen molar-refractivity contribution in [3.05, 3.63) is 23.4 Å². The van der Waals surface area contributed by atoms with Gasteiger partial charge in [-0.3, -0.25) is 4.90 Å². The molecule has 5 rings (SSSR count). The van der Waals surface area contributed by atoms with Crippen LogP contribution in [0.2, 0.25) is 0 Å². The van der Waals surface area contributed by atoms with Crippen LogP contribution in [0.4, 0.5) is 0 Å². The molecule has 0 bridgehead atoms. The summed E-state index contributed by atoms with van der Waals surface area (Å²) >= 11 is 0. The first-order valence-corrected chi connectivity index (χ1v) is 9.22. The molecule has 2 aliphatic carbocycles. The smallest absolute Gasteiger partial charge is 0.229 e. The van der Waals surface area contributed by atoms with Gasteiger partial charge >= 0.3 is 0 Å². The topological polar surface area (TPSA) is 72.9 Å². The van der Waals surface area contributed by atoms with Crippen LogP contribution in [0.25, 0.3) is 0 Å². The van der Waals surface area contributed by atoms with Gasteiger partial charge < -0.3 is 9.09 Å². The monoisotopic (exact) mass is 328 g/mol. The molecule has 3 heterocycles. The lowest BCUT2D eigenvalue weighted by Crippen LogP contribution is -2.35. The van der Waals surface area contributed by atoms with E-state index in [2.05, 4.69) is 36.9 Å². The molecule has 0 aromatic carbocycles. The lowest BCUT2D eigenvalue weighted by atomic mass is 9.97. The van der Waals surface area contributed by atoms with E-state index in [1.165, 1.54) is 32.1 Å². The van der Waals surface area contributed by atoms with E-state index in [1.54, 1.807) is 0 Å². The average molecular weight is 328 g/mol. The Balaban J connectivity index is 1.26. The van der Waals surface area contributed by atoms with Gasteiger partial charge in [0, 0.05) is 31.3 Å². The molecule has 1 atom stereocenters. The average Bonchev–Trinajstić information content (AvgIpc) is 3.53. The Hall–Kier alpha value is -1.76. The summed E-state index contributed by atoms with van der Waals surface area (Å²) in [6.07, 6.45) is 7.25. The van der Waals surface area contributed by atoms with Gasteiger partial charge in [-0.05, 0) is 45.1 Å². The molecule has 1 saturated heterocycles. The van der Waals surface area contributed by atoms with Crippen LogP contribution < -0.4 is 0 Å². The maximum absolute atomic E-state index is 5.44. The first-order chi connectivity index (χ1) is 11.8. The van der Waals surface area contributed by atoms with E-state index >= 15 is 0 Å². The molecule has 7 nitrogen and oxygen atoms in total. The Morgan fingerprint density at radius 2 is 1.88 bits per heavy atom. The SMILES string of the molecule is Cn1c(CN2CCC[C@@H](c3noc(C4CC4)n3)C2)nnc1C1CC1. The van der Waals surface area contributed by atoms with Crippen molar-refractivity contribution in [1.29, 1.82) is 0 Å². The minimum absolute atomic E-state index is 0.381. The number of nitrogens with zero attached hydrogens (tertiary/aromatic N) is 6. The van der Waals surface area contributed by atoms with E-state index < -0.39 is 0 Å². The molecule has 24 heavy (non-hydrogen) atoms. The van der Waals surface area contributed by atoms with E-state index in [4.69, 9.17) is 4.52 Å². The minimum atomic E-state index is 0.381. The molecule has 1 aliphatic heterocycles. The molecule has 3 aliphatic rings. The van der Waals surface area contributed by atoms with E-state index in [-0.39, 0.29) is 0 Å². The van der Waals surface area contributed by atoms with Gasteiger partial charge in [0.2, 0.25) is 5.89 Å². The largest absolute Gasteiger partial charge is 0.339 e. The third-order valence-electron chi connectivity index (χ3n) is 5.56. The van der Waals surface area contributed by atoms with Gasteiger partial charge in [0.15, 0.2) is 5.82 Å². The molecule has 0 amide bonds. The molecule has 0 spiro atoms. The van der Waals surface area contributed by atoms with Crippen LogP contribution in [0.3, 0.4) is 0 Å². The van der Waals surface area contributed by atoms with Crippen LogP contribution in [0, 0.1) is 0 Å². The van der Waals surface area contributed by atoms with Crippen molar-refractivity contribution in [1.82, 2.24) is 29.8 Å². The highest BCUT2D eigenvalue weighted by Gasteiger charge is 2.33. The Kier molecular flexibility index (Phi) is 3.43. The quantitative estimate of drug-likeness (QED) is 0.839. The molecule has 0 radical (unpaired) electrons. The second-order valence-electron chi connectivity index (χ2n) is 7.65. The fourth-order valence-electron chi connectivity index (χ4n) is 3.73. The Morgan fingerprint density at radius 3 is 2.67 bits per heavy atom. The molecule has 3 fully saturated rings. The Labute approximate surface area is 141 Å². The fraction of sp³-hybridized carbons (Fsp3) is 0.765. The summed E-state index contributed by atoms with van der Waals surface area (Å²) in [5.74, 6) is 5.54. The fourth-order valence-corrected chi connectivity index (χ4v) is 3.73. The van der Waals surface area contributed by atoms with Gasteiger partial charge in [0.05, 0.1) is 6.54 Å². The molecule has 7 heteroatoms.